The number of hydrazine groups is 1. The number of amides is 2. The molecular formula is C22H25FN6O3S. The predicted octanol–water partition coefficient (Wildman–Crippen LogP) is 2.56. The summed E-state index contributed by atoms with van der Waals surface area (Å²) >= 11 is 1.05. The van der Waals surface area contributed by atoms with Gasteiger partial charge in [-0.1, -0.05) is 44.7 Å². The van der Waals surface area contributed by atoms with E-state index in [4.69, 9.17) is 10.6 Å². The van der Waals surface area contributed by atoms with E-state index in [0.29, 0.717) is 16.7 Å². The molecule has 2 aromatic carbocycles. The summed E-state index contributed by atoms with van der Waals surface area (Å²) < 4.78 is 19.9. The Morgan fingerprint density at radius 1 is 1.06 bits per heavy atom. The lowest BCUT2D eigenvalue weighted by molar-refractivity contribution is -0.119. The molecule has 9 nitrogen and oxygen atoms in total. The Bertz CT molecular complexity index is 1110. The summed E-state index contributed by atoms with van der Waals surface area (Å²) in [6.45, 7) is 6.52. The molecule has 4 N–H and O–H groups in total. The number of nitrogens with one attached hydrogen (secondary N) is 2. The fourth-order valence-electron chi connectivity index (χ4n) is 2.67. The number of halogens is 1. The minimum absolute atomic E-state index is 0.0537. The molecule has 1 heterocycles. The van der Waals surface area contributed by atoms with Gasteiger partial charge >= 0.3 is 0 Å². The second kappa shape index (κ2) is 10.3. The Kier molecular flexibility index (Phi) is 7.54. The molecule has 0 unspecified atom stereocenters. The van der Waals surface area contributed by atoms with Crippen LogP contribution in [0.15, 0.2) is 53.7 Å². The van der Waals surface area contributed by atoms with E-state index in [1.54, 1.807) is 0 Å². The fraction of sp³-hybridized carbons (Fsp3) is 0.273. The third-order valence-corrected chi connectivity index (χ3v) is 5.52. The lowest BCUT2D eigenvalue weighted by atomic mass is 9.87. The molecule has 3 aromatic rings. The van der Waals surface area contributed by atoms with E-state index in [1.165, 1.54) is 22.4 Å². The molecule has 0 bridgehead atoms. The average Bonchev–Trinajstić information content (AvgIpc) is 3.14. The Balaban J connectivity index is 1.46. The minimum atomic E-state index is -0.565. The number of aromatic nitrogens is 3. The molecule has 0 radical (unpaired) electrons. The van der Waals surface area contributed by atoms with E-state index in [9.17, 15) is 14.0 Å². The van der Waals surface area contributed by atoms with Crippen molar-refractivity contribution in [3.8, 4) is 5.75 Å². The van der Waals surface area contributed by atoms with Gasteiger partial charge in [0.1, 0.15) is 18.2 Å². The molecule has 0 saturated carbocycles. The molecule has 2 amide bonds. The van der Waals surface area contributed by atoms with Gasteiger partial charge in [-0.2, -0.15) is 0 Å². The number of rotatable bonds is 7. The second-order valence-electron chi connectivity index (χ2n) is 8.13. The summed E-state index contributed by atoms with van der Waals surface area (Å²) in [4.78, 5) is 23.9. The summed E-state index contributed by atoms with van der Waals surface area (Å²) in [7, 11) is 0. The van der Waals surface area contributed by atoms with E-state index in [-0.39, 0.29) is 23.3 Å². The first kappa shape index (κ1) is 24.1. The van der Waals surface area contributed by atoms with Gasteiger partial charge in [-0.25, -0.2) is 9.07 Å². The van der Waals surface area contributed by atoms with Crippen molar-refractivity contribution >= 4 is 23.6 Å². The van der Waals surface area contributed by atoms with Crippen LogP contribution in [0.4, 0.5) is 4.39 Å². The highest BCUT2D eigenvalue weighted by Gasteiger charge is 2.15. The maximum absolute atomic E-state index is 12.9. The Morgan fingerprint density at radius 2 is 1.73 bits per heavy atom. The van der Waals surface area contributed by atoms with Gasteiger partial charge in [-0.15, -0.1) is 10.2 Å². The minimum Gasteiger partial charge on any atom is -0.486 e. The van der Waals surface area contributed by atoms with Crippen LogP contribution in [0, 0.1) is 5.82 Å². The highest BCUT2D eigenvalue weighted by molar-refractivity contribution is 7.99. The van der Waals surface area contributed by atoms with E-state index in [0.717, 1.165) is 23.9 Å². The van der Waals surface area contributed by atoms with Crippen molar-refractivity contribution in [2.75, 3.05) is 11.6 Å². The molecule has 0 aliphatic carbocycles. The standard InChI is InChI=1S/C22H25FN6O3S/c1-22(2,3)15-6-10-17(11-7-15)32-12-18-25-28-21(29(18)24)33-13-19(30)26-27-20(31)14-4-8-16(23)9-5-14/h4-11H,12-13,24H2,1-3H3,(H,26,30)(H,27,31). The zero-order valence-corrected chi connectivity index (χ0v) is 19.3. The van der Waals surface area contributed by atoms with Crippen LogP contribution >= 0.6 is 11.8 Å². The van der Waals surface area contributed by atoms with E-state index < -0.39 is 17.6 Å². The number of carbonyl (C=O) groups is 2. The first-order valence-corrected chi connectivity index (χ1v) is 11.0. The van der Waals surface area contributed by atoms with Gasteiger partial charge in [-0.3, -0.25) is 20.4 Å². The number of nitrogen functional groups attached to an aromatic ring is 1. The molecule has 0 aliphatic rings. The molecule has 0 atom stereocenters. The van der Waals surface area contributed by atoms with Crippen LogP contribution in [0.5, 0.6) is 5.75 Å². The Hall–Kier alpha value is -3.60. The van der Waals surface area contributed by atoms with Crippen molar-refractivity contribution in [1.82, 2.24) is 25.7 Å². The normalized spacial score (nSPS) is 11.2. The van der Waals surface area contributed by atoms with Crippen molar-refractivity contribution in [2.24, 2.45) is 0 Å². The molecule has 0 spiro atoms. The lowest BCUT2D eigenvalue weighted by Gasteiger charge is -2.19. The molecule has 0 saturated heterocycles. The number of hydrogen-bond donors (Lipinski definition) is 3. The van der Waals surface area contributed by atoms with Crippen molar-refractivity contribution in [3.63, 3.8) is 0 Å². The number of ether oxygens (including phenoxy) is 1. The van der Waals surface area contributed by atoms with Crippen LogP contribution in [0.1, 0.15) is 42.5 Å². The highest BCUT2D eigenvalue weighted by atomic mass is 32.2. The van der Waals surface area contributed by atoms with Gasteiger partial charge in [0.25, 0.3) is 5.91 Å². The van der Waals surface area contributed by atoms with E-state index in [1.807, 2.05) is 24.3 Å². The zero-order chi connectivity index (χ0) is 24.0. The molecule has 3 rings (SSSR count). The molecule has 174 valence electrons. The van der Waals surface area contributed by atoms with E-state index in [2.05, 4.69) is 41.8 Å². The topological polar surface area (TPSA) is 124 Å². The smallest absolute Gasteiger partial charge is 0.269 e. The summed E-state index contributed by atoms with van der Waals surface area (Å²) in [5.74, 6) is 5.51. The number of nitrogens with two attached hydrogens (primary N) is 1. The number of hydrogen-bond acceptors (Lipinski definition) is 7. The molecule has 1 aromatic heterocycles. The summed E-state index contributed by atoms with van der Waals surface area (Å²) in [5.41, 5.74) is 6.00. The maximum atomic E-state index is 12.9. The van der Waals surface area contributed by atoms with Gasteiger partial charge < -0.3 is 10.6 Å². The van der Waals surface area contributed by atoms with Crippen LogP contribution in [-0.4, -0.2) is 32.4 Å². The van der Waals surface area contributed by atoms with E-state index >= 15 is 0 Å². The van der Waals surface area contributed by atoms with Crippen molar-refractivity contribution in [3.05, 3.63) is 71.3 Å². The monoisotopic (exact) mass is 472 g/mol. The maximum Gasteiger partial charge on any atom is 0.269 e. The first-order valence-electron chi connectivity index (χ1n) is 10.0. The number of benzene rings is 2. The van der Waals surface area contributed by atoms with Crippen LogP contribution < -0.4 is 21.4 Å². The SMILES string of the molecule is CC(C)(C)c1ccc(OCc2nnc(SCC(=O)NNC(=O)c3ccc(F)cc3)n2N)cc1. The number of nitrogens with zero attached hydrogens (tertiary/aromatic N) is 3. The summed E-state index contributed by atoms with van der Waals surface area (Å²) in [6, 6.07) is 12.7. The predicted molar refractivity (Wildman–Crippen MR) is 122 cm³/mol. The van der Waals surface area contributed by atoms with Gasteiger partial charge in [0.15, 0.2) is 5.82 Å². The summed E-state index contributed by atoms with van der Waals surface area (Å²) in [5, 5.41) is 8.28. The fourth-order valence-corrected chi connectivity index (χ4v) is 3.34. The number of thioether (sulfide) groups is 1. The Morgan fingerprint density at radius 3 is 2.36 bits per heavy atom. The highest BCUT2D eigenvalue weighted by Crippen LogP contribution is 2.24. The Labute approximate surface area is 194 Å². The van der Waals surface area contributed by atoms with Gasteiger partial charge in [0, 0.05) is 5.56 Å². The third kappa shape index (κ3) is 6.69. The molecule has 11 heteroatoms. The van der Waals surface area contributed by atoms with Gasteiger partial charge in [0.05, 0.1) is 5.75 Å². The lowest BCUT2D eigenvalue weighted by Crippen LogP contribution is -2.42. The zero-order valence-electron chi connectivity index (χ0n) is 18.5. The van der Waals surface area contributed by atoms with Crippen LogP contribution in [-0.2, 0) is 16.8 Å². The van der Waals surface area contributed by atoms with Gasteiger partial charge in [-0.05, 0) is 47.4 Å². The van der Waals surface area contributed by atoms with Crippen LogP contribution in [0.25, 0.3) is 0 Å². The average molecular weight is 473 g/mol. The number of carbonyl (C=O) groups excluding carboxylic acids is 2. The van der Waals surface area contributed by atoms with Crippen molar-refractivity contribution in [1.29, 1.82) is 0 Å². The van der Waals surface area contributed by atoms with Gasteiger partial charge in [0.2, 0.25) is 11.1 Å². The quantitative estimate of drug-likeness (QED) is 0.274. The molecule has 0 aliphatic heterocycles. The molecular weight excluding hydrogens is 447 g/mol. The van der Waals surface area contributed by atoms with Crippen LogP contribution in [0.2, 0.25) is 0 Å². The molecule has 33 heavy (non-hydrogen) atoms. The second-order valence-corrected chi connectivity index (χ2v) is 9.07. The third-order valence-electron chi connectivity index (χ3n) is 4.58. The summed E-state index contributed by atoms with van der Waals surface area (Å²) in [6.07, 6.45) is 0. The van der Waals surface area contributed by atoms with Crippen molar-refractivity contribution < 1.29 is 18.7 Å². The largest absolute Gasteiger partial charge is 0.486 e. The van der Waals surface area contributed by atoms with Crippen LogP contribution in [0.3, 0.4) is 0 Å². The molecule has 0 fully saturated rings. The first-order chi connectivity index (χ1) is 15.6. The van der Waals surface area contributed by atoms with Crippen molar-refractivity contribution in [2.45, 2.75) is 37.9 Å².